The number of carbonyl (C=O) groups excluding carboxylic acids is 1. The molecular formula is C16H22N2O2. The summed E-state index contributed by atoms with van der Waals surface area (Å²) in [5, 5.41) is 12.6. The Morgan fingerprint density at radius 3 is 3.15 bits per heavy atom. The Labute approximate surface area is 119 Å². The van der Waals surface area contributed by atoms with Gasteiger partial charge in [0.25, 0.3) is 5.91 Å². The number of aryl methyl sites for hydroxylation is 1. The highest BCUT2D eigenvalue weighted by molar-refractivity contribution is 5.95. The molecule has 0 aromatic heterocycles. The number of hydrogen-bond acceptors (Lipinski definition) is 3. The molecule has 0 saturated carbocycles. The van der Waals surface area contributed by atoms with Gasteiger partial charge in [-0.05, 0) is 55.4 Å². The van der Waals surface area contributed by atoms with Crippen LogP contribution in [0.1, 0.15) is 35.2 Å². The van der Waals surface area contributed by atoms with Crippen LogP contribution in [0.4, 0.5) is 5.69 Å². The summed E-state index contributed by atoms with van der Waals surface area (Å²) in [5.41, 5.74) is 3.20. The maximum absolute atomic E-state index is 12.6. The summed E-state index contributed by atoms with van der Waals surface area (Å²) in [5.74, 6) is 0.350. The van der Waals surface area contributed by atoms with Gasteiger partial charge in [0.15, 0.2) is 0 Å². The topological polar surface area (TPSA) is 52.6 Å². The van der Waals surface area contributed by atoms with Crippen LogP contribution in [0.25, 0.3) is 0 Å². The van der Waals surface area contributed by atoms with Crippen LogP contribution in [0.5, 0.6) is 0 Å². The molecule has 1 atom stereocenters. The Kier molecular flexibility index (Phi) is 3.92. The average Bonchev–Trinajstić information content (AvgIpc) is 2.53. The van der Waals surface area contributed by atoms with Gasteiger partial charge in [0.1, 0.15) is 0 Å². The number of hydrogen-bond donors (Lipinski definition) is 2. The van der Waals surface area contributed by atoms with Crippen molar-refractivity contribution < 1.29 is 9.90 Å². The Hall–Kier alpha value is -1.55. The van der Waals surface area contributed by atoms with Gasteiger partial charge >= 0.3 is 0 Å². The van der Waals surface area contributed by atoms with Gasteiger partial charge in [0.05, 0.1) is 0 Å². The van der Waals surface area contributed by atoms with Gasteiger partial charge in [-0.1, -0.05) is 0 Å². The summed E-state index contributed by atoms with van der Waals surface area (Å²) in [4.78, 5) is 14.5. The molecule has 0 bridgehead atoms. The third-order valence-electron chi connectivity index (χ3n) is 4.35. The van der Waals surface area contributed by atoms with Crippen LogP contribution < -0.4 is 5.32 Å². The molecule has 4 heteroatoms. The molecule has 2 heterocycles. The summed E-state index contributed by atoms with van der Waals surface area (Å²) in [6.45, 7) is 2.69. The number of piperidine rings is 1. The number of fused-ring (bicyclic) bond motifs is 1. The van der Waals surface area contributed by atoms with E-state index in [0.29, 0.717) is 6.54 Å². The molecule has 2 N–H and O–H groups in total. The van der Waals surface area contributed by atoms with Crippen LogP contribution in [0.15, 0.2) is 18.2 Å². The van der Waals surface area contributed by atoms with Crippen molar-refractivity contribution in [2.45, 2.75) is 25.7 Å². The monoisotopic (exact) mass is 274 g/mol. The first-order chi connectivity index (χ1) is 9.78. The van der Waals surface area contributed by atoms with E-state index in [0.717, 1.165) is 44.3 Å². The normalized spacial score (nSPS) is 22.1. The molecule has 0 aliphatic carbocycles. The second-order valence-corrected chi connectivity index (χ2v) is 5.84. The van der Waals surface area contributed by atoms with Crippen molar-refractivity contribution in [2.24, 2.45) is 5.92 Å². The predicted molar refractivity (Wildman–Crippen MR) is 79.0 cm³/mol. The lowest BCUT2D eigenvalue weighted by molar-refractivity contribution is 0.0620. The van der Waals surface area contributed by atoms with Gasteiger partial charge in [-0.2, -0.15) is 0 Å². The standard InChI is InChI=1S/C16H22N2O2/c19-11-12-3-2-8-18(10-12)16(20)14-5-6-15-13(9-14)4-1-7-17-15/h5-6,9,12,17,19H,1-4,7-8,10-11H2. The van der Waals surface area contributed by atoms with Crippen LogP contribution in [0, 0.1) is 5.92 Å². The van der Waals surface area contributed by atoms with Gasteiger partial charge in [-0.25, -0.2) is 0 Å². The van der Waals surface area contributed by atoms with Crippen molar-refractivity contribution >= 4 is 11.6 Å². The van der Waals surface area contributed by atoms with Gasteiger partial charge in [-0.15, -0.1) is 0 Å². The lowest BCUT2D eigenvalue weighted by atomic mass is 9.97. The second-order valence-electron chi connectivity index (χ2n) is 5.84. The number of anilines is 1. The van der Waals surface area contributed by atoms with Gasteiger partial charge in [0, 0.05) is 37.5 Å². The van der Waals surface area contributed by atoms with Crippen LogP contribution in [0.3, 0.4) is 0 Å². The summed E-state index contributed by atoms with van der Waals surface area (Å²) in [7, 11) is 0. The van der Waals surface area contributed by atoms with E-state index in [1.807, 2.05) is 23.1 Å². The Balaban J connectivity index is 1.76. The molecule has 1 amide bonds. The third kappa shape index (κ3) is 2.66. The molecule has 2 aliphatic heterocycles. The SMILES string of the molecule is O=C(c1ccc2c(c1)CCCN2)N1CCCC(CO)C1. The number of aliphatic hydroxyl groups excluding tert-OH is 1. The highest BCUT2D eigenvalue weighted by Crippen LogP contribution is 2.24. The minimum atomic E-state index is 0.108. The molecule has 1 aromatic carbocycles. The number of rotatable bonds is 2. The van der Waals surface area contributed by atoms with E-state index in [-0.39, 0.29) is 18.4 Å². The summed E-state index contributed by atoms with van der Waals surface area (Å²) < 4.78 is 0. The molecule has 1 saturated heterocycles. The van der Waals surface area contributed by atoms with Crippen molar-refractivity contribution in [1.82, 2.24) is 4.90 Å². The zero-order valence-corrected chi connectivity index (χ0v) is 11.8. The highest BCUT2D eigenvalue weighted by atomic mass is 16.3. The minimum Gasteiger partial charge on any atom is -0.396 e. The Morgan fingerprint density at radius 2 is 2.30 bits per heavy atom. The third-order valence-corrected chi connectivity index (χ3v) is 4.35. The van der Waals surface area contributed by atoms with Crippen molar-refractivity contribution in [3.05, 3.63) is 29.3 Å². The number of likely N-dealkylation sites (tertiary alicyclic amines) is 1. The van der Waals surface area contributed by atoms with E-state index < -0.39 is 0 Å². The van der Waals surface area contributed by atoms with Crippen LogP contribution in [0.2, 0.25) is 0 Å². The molecule has 4 nitrogen and oxygen atoms in total. The summed E-state index contributed by atoms with van der Waals surface area (Å²) >= 11 is 0. The lowest BCUT2D eigenvalue weighted by Gasteiger charge is -2.32. The molecule has 0 radical (unpaired) electrons. The molecule has 1 unspecified atom stereocenters. The van der Waals surface area contributed by atoms with Crippen LogP contribution >= 0.6 is 0 Å². The Morgan fingerprint density at radius 1 is 1.40 bits per heavy atom. The number of aliphatic hydroxyl groups is 1. The number of nitrogens with one attached hydrogen (secondary N) is 1. The maximum Gasteiger partial charge on any atom is 0.253 e. The summed E-state index contributed by atoms with van der Waals surface area (Å²) in [6, 6.07) is 5.98. The Bertz CT molecular complexity index is 501. The fourth-order valence-corrected chi connectivity index (χ4v) is 3.19. The van der Waals surface area contributed by atoms with E-state index in [1.54, 1.807) is 0 Å². The molecule has 108 valence electrons. The maximum atomic E-state index is 12.6. The molecule has 2 aliphatic rings. The number of benzene rings is 1. The molecule has 3 rings (SSSR count). The van der Waals surface area contributed by atoms with E-state index in [9.17, 15) is 9.90 Å². The first-order valence-corrected chi connectivity index (χ1v) is 7.55. The number of nitrogens with zero attached hydrogens (tertiary/aromatic N) is 1. The highest BCUT2D eigenvalue weighted by Gasteiger charge is 2.24. The first kappa shape index (κ1) is 13.4. The molecule has 0 spiro atoms. The predicted octanol–water partition coefficient (Wildman–Crippen LogP) is 1.89. The largest absolute Gasteiger partial charge is 0.396 e. The minimum absolute atomic E-state index is 0.108. The lowest BCUT2D eigenvalue weighted by Crippen LogP contribution is -2.41. The van der Waals surface area contributed by atoms with E-state index in [1.165, 1.54) is 11.3 Å². The molecular weight excluding hydrogens is 252 g/mol. The summed E-state index contributed by atoms with van der Waals surface area (Å²) in [6.07, 6.45) is 4.18. The molecule has 1 fully saturated rings. The fourth-order valence-electron chi connectivity index (χ4n) is 3.19. The van der Waals surface area contributed by atoms with E-state index >= 15 is 0 Å². The first-order valence-electron chi connectivity index (χ1n) is 7.55. The van der Waals surface area contributed by atoms with Crippen LogP contribution in [-0.4, -0.2) is 42.2 Å². The zero-order chi connectivity index (χ0) is 13.9. The smallest absolute Gasteiger partial charge is 0.253 e. The zero-order valence-electron chi connectivity index (χ0n) is 11.8. The van der Waals surface area contributed by atoms with Crippen molar-refractivity contribution in [3.63, 3.8) is 0 Å². The van der Waals surface area contributed by atoms with E-state index in [4.69, 9.17) is 0 Å². The van der Waals surface area contributed by atoms with Crippen molar-refractivity contribution in [1.29, 1.82) is 0 Å². The van der Waals surface area contributed by atoms with Gasteiger partial charge in [-0.3, -0.25) is 4.79 Å². The number of carbonyl (C=O) groups is 1. The second kappa shape index (κ2) is 5.83. The van der Waals surface area contributed by atoms with Crippen molar-refractivity contribution in [3.8, 4) is 0 Å². The number of amides is 1. The van der Waals surface area contributed by atoms with Crippen molar-refractivity contribution in [2.75, 3.05) is 31.6 Å². The van der Waals surface area contributed by atoms with Crippen LogP contribution in [-0.2, 0) is 6.42 Å². The van der Waals surface area contributed by atoms with E-state index in [2.05, 4.69) is 5.32 Å². The van der Waals surface area contributed by atoms with Gasteiger partial charge < -0.3 is 15.3 Å². The molecule has 1 aromatic rings. The average molecular weight is 274 g/mol. The fraction of sp³-hybridized carbons (Fsp3) is 0.562. The molecule has 20 heavy (non-hydrogen) atoms. The van der Waals surface area contributed by atoms with Gasteiger partial charge in [0.2, 0.25) is 0 Å². The quantitative estimate of drug-likeness (QED) is 0.866.